The molecule has 0 aliphatic carbocycles. The summed E-state index contributed by atoms with van der Waals surface area (Å²) in [5.41, 5.74) is 0.521. The minimum absolute atomic E-state index is 0.0518. The van der Waals surface area contributed by atoms with Crippen LogP contribution >= 0.6 is 0 Å². The number of aryl methyl sites for hydroxylation is 1. The monoisotopic (exact) mass is 280 g/mol. The molecule has 110 valence electrons. The van der Waals surface area contributed by atoms with Crippen LogP contribution < -0.4 is 10.5 Å². The SMILES string of the molecule is CCOC(=O)N=c1nc(N2CCCCC2)cc(C)n1O. The number of nitrogens with zero attached hydrogens (tertiary/aromatic N) is 4. The molecule has 0 aromatic carbocycles. The average molecular weight is 280 g/mol. The highest BCUT2D eigenvalue weighted by Gasteiger charge is 2.14. The van der Waals surface area contributed by atoms with Crippen LogP contribution in [0.4, 0.5) is 10.6 Å². The molecule has 1 aromatic heterocycles. The van der Waals surface area contributed by atoms with Crippen molar-refractivity contribution in [3.8, 4) is 0 Å². The molecule has 0 spiro atoms. The molecule has 1 saturated heterocycles. The normalized spacial score (nSPS) is 16.3. The van der Waals surface area contributed by atoms with Gasteiger partial charge in [-0.05, 0) is 33.1 Å². The van der Waals surface area contributed by atoms with Gasteiger partial charge in [-0.1, -0.05) is 0 Å². The average Bonchev–Trinajstić information content (AvgIpc) is 2.45. The number of aromatic nitrogens is 2. The molecule has 1 fully saturated rings. The lowest BCUT2D eigenvalue weighted by Gasteiger charge is -2.27. The van der Waals surface area contributed by atoms with E-state index in [-0.39, 0.29) is 12.2 Å². The van der Waals surface area contributed by atoms with Gasteiger partial charge in [-0.25, -0.2) is 4.79 Å². The first kappa shape index (κ1) is 14.4. The van der Waals surface area contributed by atoms with Gasteiger partial charge >= 0.3 is 6.09 Å². The Morgan fingerprint density at radius 1 is 1.45 bits per heavy atom. The summed E-state index contributed by atoms with van der Waals surface area (Å²) >= 11 is 0. The standard InChI is InChI=1S/C13H20N4O3/c1-3-20-13(18)15-12-14-11(9-10(2)17(12)19)16-7-5-4-6-8-16/h9,19H,3-8H2,1-2H3. The number of ether oxygens (including phenoxy) is 1. The Morgan fingerprint density at radius 3 is 2.80 bits per heavy atom. The van der Waals surface area contributed by atoms with E-state index in [9.17, 15) is 10.0 Å². The van der Waals surface area contributed by atoms with Crippen molar-refractivity contribution in [2.45, 2.75) is 33.1 Å². The maximum Gasteiger partial charge on any atom is 0.437 e. The minimum atomic E-state index is -0.752. The number of piperidine rings is 1. The predicted octanol–water partition coefficient (Wildman–Crippen LogP) is 1.48. The summed E-state index contributed by atoms with van der Waals surface area (Å²) in [4.78, 5) is 21.5. The first-order valence-corrected chi connectivity index (χ1v) is 6.88. The highest BCUT2D eigenvalue weighted by Crippen LogP contribution is 2.16. The van der Waals surface area contributed by atoms with E-state index in [1.165, 1.54) is 6.42 Å². The molecule has 1 aromatic rings. The lowest BCUT2D eigenvalue weighted by atomic mass is 10.1. The molecule has 1 aliphatic rings. The molecule has 7 nitrogen and oxygen atoms in total. The Kier molecular flexibility index (Phi) is 4.60. The second kappa shape index (κ2) is 6.40. The number of amides is 1. The van der Waals surface area contributed by atoms with E-state index in [2.05, 4.69) is 14.9 Å². The fourth-order valence-electron chi connectivity index (χ4n) is 2.18. The van der Waals surface area contributed by atoms with E-state index < -0.39 is 6.09 Å². The molecule has 0 bridgehead atoms. The lowest BCUT2D eigenvalue weighted by Crippen LogP contribution is -2.34. The third kappa shape index (κ3) is 3.28. The van der Waals surface area contributed by atoms with Gasteiger partial charge in [0.15, 0.2) is 0 Å². The summed E-state index contributed by atoms with van der Waals surface area (Å²) < 4.78 is 5.54. The number of carbonyl (C=O) groups is 1. The van der Waals surface area contributed by atoms with Crippen molar-refractivity contribution in [1.29, 1.82) is 0 Å². The van der Waals surface area contributed by atoms with Crippen LogP contribution in [0.25, 0.3) is 0 Å². The summed E-state index contributed by atoms with van der Waals surface area (Å²) in [7, 11) is 0. The van der Waals surface area contributed by atoms with Crippen LogP contribution in [0.15, 0.2) is 11.1 Å². The predicted molar refractivity (Wildman–Crippen MR) is 72.8 cm³/mol. The first-order chi connectivity index (χ1) is 9.61. The van der Waals surface area contributed by atoms with Gasteiger partial charge in [-0.2, -0.15) is 9.71 Å². The topological polar surface area (TPSA) is 80.0 Å². The fourth-order valence-corrected chi connectivity index (χ4v) is 2.18. The van der Waals surface area contributed by atoms with Gasteiger partial charge < -0.3 is 14.8 Å². The van der Waals surface area contributed by atoms with Crippen LogP contribution in [-0.4, -0.2) is 40.7 Å². The molecule has 0 radical (unpaired) electrons. The van der Waals surface area contributed by atoms with Crippen molar-refractivity contribution < 1.29 is 14.7 Å². The van der Waals surface area contributed by atoms with Gasteiger partial charge in [-0.15, -0.1) is 4.99 Å². The molecular formula is C13H20N4O3. The van der Waals surface area contributed by atoms with Crippen LogP contribution in [0.2, 0.25) is 0 Å². The largest absolute Gasteiger partial charge is 0.448 e. The maximum absolute atomic E-state index is 11.4. The number of hydrogen-bond donors (Lipinski definition) is 1. The summed E-state index contributed by atoms with van der Waals surface area (Å²) in [6, 6.07) is 1.79. The van der Waals surface area contributed by atoms with Gasteiger partial charge in [0.1, 0.15) is 5.82 Å². The van der Waals surface area contributed by atoms with E-state index in [1.54, 1.807) is 19.9 Å². The van der Waals surface area contributed by atoms with Crippen LogP contribution in [0.1, 0.15) is 31.9 Å². The number of rotatable bonds is 2. The number of anilines is 1. The summed E-state index contributed by atoms with van der Waals surface area (Å²) in [6.07, 6.45) is 2.72. The molecule has 0 unspecified atom stereocenters. The molecule has 0 saturated carbocycles. The number of hydrogen-bond acceptors (Lipinski definition) is 5. The van der Waals surface area contributed by atoms with Crippen molar-refractivity contribution >= 4 is 11.9 Å². The zero-order valence-corrected chi connectivity index (χ0v) is 11.9. The van der Waals surface area contributed by atoms with Crippen molar-refractivity contribution in [1.82, 2.24) is 9.71 Å². The maximum atomic E-state index is 11.4. The van der Waals surface area contributed by atoms with Crippen molar-refractivity contribution in [2.75, 3.05) is 24.6 Å². The van der Waals surface area contributed by atoms with Crippen molar-refractivity contribution in [3.63, 3.8) is 0 Å². The third-order valence-corrected chi connectivity index (χ3v) is 3.22. The lowest BCUT2D eigenvalue weighted by molar-refractivity contribution is 0.147. The smallest absolute Gasteiger partial charge is 0.437 e. The van der Waals surface area contributed by atoms with E-state index in [0.29, 0.717) is 5.69 Å². The molecule has 1 N–H and O–H groups in total. The molecule has 2 rings (SSSR count). The highest BCUT2D eigenvalue weighted by atomic mass is 16.5. The van der Waals surface area contributed by atoms with Gasteiger partial charge in [0, 0.05) is 19.2 Å². The van der Waals surface area contributed by atoms with Crippen molar-refractivity contribution in [2.24, 2.45) is 4.99 Å². The Bertz CT molecular complexity index is 547. The third-order valence-electron chi connectivity index (χ3n) is 3.22. The first-order valence-electron chi connectivity index (χ1n) is 6.88. The molecule has 1 amide bonds. The summed E-state index contributed by atoms with van der Waals surface area (Å²) in [5.74, 6) is 0.732. The van der Waals surface area contributed by atoms with E-state index in [0.717, 1.165) is 36.5 Å². The second-order valence-corrected chi connectivity index (χ2v) is 4.73. The number of carbonyl (C=O) groups excluding carboxylic acids is 1. The van der Waals surface area contributed by atoms with Gasteiger partial charge in [0.2, 0.25) is 0 Å². The summed E-state index contributed by atoms with van der Waals surface area (Å²) in [5, 5.41) is 9.87. The Balaban J connectivity index is 2.36. The molecule has 7 heteroatoms. The molecule has 20 heavy (non-hydrogen) atoms. The minimum Gasteiger partial charge on any atom is -0.448 e. The Labute approximate surface area is 117 Å². The van der Waals surface area contributed by atoms with Crippen LogP contribution in [0.5, 0.6) is 0 Å². The van der Waals surface area contributed by atoms with Crippen molar-refractivity contribution in [3.05, 3.63) is 17.4 Å². The second-order valence-electron chi connectivity index (χ2n) is 4.73. The van der Waals surface area contributed by atoms with E-state index in [4.69, 9.17) is 4.74 Å². The van der Waals surface area contributed by atoms with E-state index in [1.807, 2.05) is 0 Å². The van der Waals surface area contributed by atoms with E-state index >= 15 is 0 Å². The Morgan fingerprint density at radius 2 is 2.15 bits per heavy atom. The Hall–Kier alpha value is -2.05. The van der Waals surface area contributed by atoms with Crippen LogP contribution in [0, 0.1) is 6.92 Å². The zero-order chi connectivity index (χ0) is 14.5. The summed E-state index contributed by atoms with van der Waals surface area (Å²) in [6.45, 7) is 5.53. The molecular weight excluding hydrogens is 260 g/mol. The van der Waals surface area contributed by atoms with Gasteiger partial charge in [0.25, 0.3) is 5.62 Å². The molecule has 2 heterocycles. The highest BCUT2D eigenvalue weighted by molar-refractivity contribution is 5.67. The molecule has 1 aliphatic heterocycles. The fraction of sp³-hybridized carbons (Fsp3) is 0.615. The van der Waals surface area contributed by atoms with Gasteiger partial charge in [0.05, 0.1) is 12.3 Å². The molecule has 0 atom stereocenters. The van der Waals surface area contributed by atoms with Crippen LogP contribution in [0.3, 0.4) is 0 Å². The van der Waals surface area contributed by atoms with Gasteiger partial charge in [-0.3, -0.25) is 0 Å². The van der Waals surface area contributed by atoms with Crippen LogP contribution in [-0.2, 0) is 4.74 Å². The zero-order valence-electron chi connectivity index (χ0n) is 11.9. The quantitative estimate of drug-likeness (QED) is 0.830.